The summed E-state index contributed by atoms with van der Waals surface area (Å²) in [7, 11) is -16.3. The van der Waals surface area contributed by atoms with Crippen LogP contribution in [-0.4, -0.2) is 135 Å². The van der Waals surface area contributed by atoms with E-state index in [1.807, 2.05) is 0 Å². The maximum Gasteiger partial charge on any atom is 0.477 e. The number of nitrogens with two attached hydrogens (primary N) is 1. The van der Waals surface area contributed by atoms with Crippen LogP contribution in [0.15, 0.2) is 12.7 Å². The fraction of sp³-hybridized carbons (Fsp3) is 0.600. The first kappa shape index (κ1) is 35.3. The van der Waals surface area contributed by atoms with Gasteiger partial charge in [0.15, 0.2) is 17.6 Å². The predicted octanol–water partition coefficient (Wildman–Crippen LogP) is -5.81. The van der Waals surface area contributed by atoms with Gasteiger partial charge in [-0.2, -0.15) is 0 Å². The highest BCUT2D eigenvalue weighted by atomic mass is 31.3. The van der Waals surface area contributed by atoms with Gasteiger partial charge < -0.3 is 70.7 Å². The lowest BCUT2D eigenvalue weighted by atomic mass is 10.1. The van der Waals surface area contributed by atoms with Crippen LogP contribution in [-0.2, 0) is 33.0 Å². The summed E-state index contributed by atoms with van der Waals surface area (Å²) in [4.78, 5) is 67.5. The minimum absolute atomic E-state index is 0.0399. The fourth-order valence-corrected chi connectivity index (χ4v) is 6.58. The second-order valence-electron chi connectivity index (χ2n) is 8.14. The molecule has 0 saturated carbocycles. The van der Waals surface area contributed by atoms with E-state index < -0.39 is 83.8 Å². The molecule has 2 aromatic heterocycles. The second-order valence-corrected chi connectivity index (χ2v) is 13.0. The largest absolute Gasteiger partial charge is 0.477 e. The van der Waals surface area contributed by atoms with Crippen LogP contribution >= 0.6 is 23.0 Å². The van der Waals surface area contributed by atoms with Gasteiger partial charge in [-0.25, -0.2) is 23.8 Å². The Bertz CT molecular complexity index is 1380. The molecule has 26 heteroatoms. The van der Waals surface area contributed by atoms with E-state index in [1.54, 1.807) is 0 Å². The molecule has 23 nitrogen and oxygen atoms in total. The molecular weight excluding hydrogens is 631 g/mol. The Hall–Kier alpha value is -1.85. The quantitative estimate of drug-likeness (QED) is 0.106. The summed E-state index contributed by atoms with van der Waals surface area (Å²) < 4.78 is 42.7. The number of rotatable bonds is 10. The van der Waals surface area contributed by atoms with Crippen LogP contribution in [0.25, 0.3) is 11.2 Å². The van der Waals surface area contributed by atoms with Crippen molar-refractivity contribution < 1.29 is 87.7 Å². The SMILES string of the molecule is Nc1ncnc2c1ncn2C1(P(=O)(O)O)OC(CO)C(O)C1O.O=C(C(O)C(O)C(O)CO)P(=O)(O)OP(=O)(O)O. The average Bonchev–Trinajstić information content (AvgIpc) is 3.41. The number of anilines is 1. The normalized spacial score (nSPS) is 27.0. The van der Waals surface area contributed by atoms with E-state index in [2.05, 4.69) is 19.3 Å². The van der Waals surface area contributed by atoms with E-state index in [9.17, 15) is 43.6 Å². The number of hydrogen-bond donors (Lipinski definition) is 13. The van der Waals surface area contributed by atoms with Crippen molar-refractivity contribution in [3.8, 4) is 0 Å². The van der Waals surface area contributed by atoms with Crippen LogP contribution in [0.3, 0.4) is 0 Å². The van der Waals surface area contributed by atoms with Gasteiger partial charge in [0.2, 0.25) is 0 Å². The number of fused-ring (bicyclic) bond motifs is 1. The first-order chi connectivity index (χ1) is 18.7. The monoisotopic (exact) mass is 657 g/mol. The lowest BCUT2D eigenvalue weighted by molar-refractivity contribution is -0.133. The van der Waals surface area contributed by atoms with Crippen molar-refractivity contribution in [2.24, 2.45) is 0 Å². The topological polar surface area (TPSA) is 399 Å². The molecule has 0 radical (unpaired) electrons. The van der Waals surface area contributed by atoms with Crippen LogP contribution in [0.2, 0.25) is 0 Å². The van der Waals surface area contributed by atoms with E-state index >= 15 is 0 Å². The van der Waals surface area contributed by atoms with Gasteiger partial charge in [0, 0.05) is 0 Å². The smallest absolute Gasteiger partial charge is 0.394 e. The number of carbonyl (C=O) groups excluding carboxylic acids is 1. The van der Waals surface area contributed by atoms with Crippen molar-refractivity contribution in [3.63, 3.8) is 0 Å². The van der Waals surface area contributed by atoms with Gasteiger partial charge in [-0.05, 0) is 0 Å². The van der Waals surface area contributed by atoms with Crippen LogP contribution in [0, 0.1) is 0 Å². The molecular formula is C15H26N5O18P3. The Balaban J connectivity index is 0.000000298. The fourth-order valence-electron chi connectivity index (χ4n) is 3.42. The van der Waals surface area contributed by atoms with Crippen molar-refractivity contribution >= 4 is 45.5 Å². The molecule has 0 aromatic carbocycles. The van der Waals surface area contributed by atoms with E-state index in [0.717, 1.165) is 17.2 Å². The number of imidazole rings is 1. The number of aliphatic hydroxyl groups excluding tert-OH is 7. The van der Waals surface area contributed by atoms with Crippen molar-refractivity contribution in [2.75, 3.05) is 18.9 Å². The number of ether oxygens (including phenoxy) is 1. The van der Waals surface area contributed by atoms with Crippen LogP contribution in [0.1, 0.15) is 0 Å². The molecule has 2 aromatic rings. The number of carbonyl (C=O) groups is 1. The number of nitrogen functional groups attached to an aromatic ring is 1. The molecule has 1 aliphatic heterocycles. The van der Waals surface area contributed by atoms with E-state index in [1.165, 1.54) is 0 Å². The summed E-state index contributed by atoms with van der Waals surface area (Å²) in [5.41, 5.74) is 0.724. The van der Waals surface area contributed by atoms with Crippen LogP contribution in [0.4, 0.5) is 5.82 Å². The summed E-state index contributed by atoms with van der Waals surface area (Å²) in [5.74, 6) is -0.0404. The first-order valence-corrected chi connectivity index (χ1v) is 15.3. The Morgan fingerprint density at radius 2 is 1.66 bits per heavy atom. The molecule has 1 fully saturated rings. The van der Waals surface area contributed by atoms with Crippen molar-refractivity contribution in [1.29, 1.82) is 0 Å². The van der Waals surface area contributed by atoms with Gasteiger partial charge in [0.05, 0.1) is 13.2 Å². The molecule has 234 valence electrons. The Labute approximate surface area is 227 Å². The van der Waals surface area contributed by atoms with E-state index in [-0.39, 0.29) is 17.0 Å². The van der Waals surface area contributed by atoms with Crippen LogP contribution < -0.4 is 5.73 Å². The lowest BCUT2D eigenvalue weighted by Gasteiger charge is -2.33. The van der Waals surface area contributed by atoms with Gasteiger partial charge in [-0.1, -0.05) is 0 Å². The van der Waals surface area contributed by atoms with E-state index in [0.29, 0.717) is 0 Å². The number of aliphatic hydroxyl groups is 7. The van der Waals surface area contributed by atoms with Crippen LogP contribution in [0.5, 0.6) is 0 Å². The highest BCUT2D eigenvalue weighted by Gasteiger charge is 2.66. The molecule has 14 N–H and O–H groups in total. The zero-order chi connectivity index (χ0) is 31.7. The summed E-state index contributed by atoms with van der Waals surface area (Å²) >= 11 is 0. The van der Waals surface area contributed by atoms with Gasteiger partial charge >= 0.3 is 23.0 Å². The number of phosphoric acid groups is 1. The van der Waals surface area contributed by atoms with Gasteiger partial charge in [0.25, 0.3) is 11.0 Å². The molecule has 3 heterocycles. The first-order valence-electron chi connectivity index (χ1n) is 10.6. The maximum atomic E-state index is 12.1. The zero-order valence-electron chi connectivity index (χ0n) is 20.1. The lowest BCUT2D eigenvalue weighted by Crippen LogP contribution is -2.45. The predicted molar refractivity (Wildman–Crippen MR) is 127 cm³/mol. The molecule has 0 bridgehead atoms. The number of aromatic nitrogens is 4. The highest BCUT2D eigenvalue weighted by molar-refractivity contribution is 7.76. The molecule has 0 amide bonds. The molecule has 0 spiro atoms. The number of hydrogen-bond acceptors (Lipinski definition) is 17. The molecule has 1 saturated heterocycles. The third-order valence-corrected chi connectivity index (χ3v) is 9.35. The molecule has 41 heavy (non-hydrogen) atoms. The molecule has 8 atom stereocenters. The van der Waals surface area contributed by atoms with Crippen molar-refractivity contribution in [2.45, 2.75) is 42.1 Å². The Morgan fingerprint density at radius 1 is 1.07 bits per heavy atom. The second kappa shape index (κ2) is 12.8. The van der Waals surface area contributed by atoms with Crippen molar-refractivity contribution in [1.82, 2.24) is 19.5 Å². The van der Waals surface area contributed by atoms with Gasteiger partial charge in [-0.3, -0.25) is 18.5 Å². The zero-order valence-corrected chi connectivity index (χ0v) is 22.7. The summed E-state index contributed by atoms with van der Waals surface area (Å²) in [5, 5.41) is 64.8. The Morgan fingerprint density at radius 3 is 2.12 bits per heavy atom. The summed E-state index contributed by atoms with van der Waals surface area (Å²) in [6.45, 7) is -1.83. The molecule has 1 aliphatic rings. The number of nitrogens with zero attached hydrogens (tertiary/aromatic N) is 4. The third kappa shape index (κ3) is 7.21. The Kier molecular flexibility index (Phi) is 11.0. The minimum atomic E-state index is -5.57. The maximum absolute atomic E-state index is 12.1. The third-order valence-electron chi connectivity index (χ3n) is 5.37. The summed E-state index contributed by atoms with van der Waals surface area (Å²) in [6, 6.07) is 0. The summed E-state index contributed by atoms with van der Waals surface area (Å²) in [6.07, 6.45) is -10.2. The highest BCUT2D eigenvalue weighted by Crippen LogP contribution is 2.61. The van der Waals surface area contributed by atoms with Crippen molar-refractivity contribution in [3.05, 3.63) is 12.7 Å². The van der Waals surface area contributed by atoms with Gasteiger partial charge in [0.1, 0.15) is 48.7 Å². The van der Waals surface area contributed by atoms with Gasteiger partial charge in [-0.15, -0.1) is 0 Å². The molecule has 3 rings (SSSR count). The molecule has 8 unspecified atom stereocenters. The standard InChI is InChI=1S/C10H14N5O7P.C5H12O11P2/c11-8-5-9(13-2-12-8)15(3-14-5)10(23(19,20)21)7(18)6(17)4(1-16)22-10;6-1-2(7)3(8)4(9)5(10)17(11,12)16-18(13,14)15/h2-4,6-7,16-18H,1H2,(H2,11,12,13)(H2,19,20,21);2-4,6-9H,1H2,(H,11,12)(H2,13,14,15). The average molecular weight is 657 g/mol. The molecule has 0 aliphatic carbocycles. The van der Waals surface area contributed by atoms with E-state index in [4.69, 9.17) is 45.6 Å². The minimum Gasteiger partial charge on any atom is -0.394 e.